The molecule has 1 N–H and O–H groups in total. The van der Waals surface area contributed by atoms with Gasteiger partial charge in [-0.05, 0) is 13.8 Å². The van der Waals surface area contributed by atoms with Crippen molar-refractivity contribution in [2.45, 2.75) is 13.8 Å². The largest absolute Gasteiger partial charge is 0.352 e. The first-order chi connectivity index (χ1) is 7.24. The summed E-state index contributed by atoms with van der Waals surface area (Å²) in [7, 11) is 0. The Morgan fingerprint density at radius 1 is 1.33 bits per heavy atom. The van der Waals surface area contributed by atoms with Gasteiger partial charge in [0.15, 0.2) is 0 Å². The lowest BCUT2D eigenvalue weighted by atomic mass is 10.4. The van der Waals surface area contributed by atoms with Gasteiger partial charge in [-0.25, -0.2) is 4.98 Å². The lowest BCUT2D eigenvalue weighted by Crippen LogP contribution is -2.10. The molecular weight excluding hydrogens is 208 g/mol. The molecule has 0 aliphatic rings. The van der Waals surface area contributed by atoms with Crippen LogP contribution >= 0.6 is 11.8 Å². The molecule has 4 nitrogen and oxygen atoms in total. The van der Waals surface area contributed by atoms with Crippen LogP contribution in [-0.2, 0) is 0 Å². The highest BCUT2D eigenvalue weighted by molar-refractivity contribution is 7.99. The predicted molar refractivity (Wildman–Crippen MR) is 65.3 cm³/mol. The van der Waals surface area contributed by atoms with E-state index >= 15 is 0 Å². The second-order valence-corrected chi connectivity index (χ2v) is 4.25. The van der Waals surface area contributed by atoms with E-state index < -0.39 is 0 Å². The molecule has 1 aromatic rings. The molecule has 0 bridgehead atoms. The van der Waals surface area contributed by atoms with E-state index in [1.807, 2.05) is 31.7 Å². The number of hydrogen-bond acceptors (Lipinski definition) is 5. The van der Waals surface area contributed by atoms with Crippen LogP contribution in [0.15, 0.2) is 12.7 Å². The van der Waals surface area contributed by atoms with Crippen molar-refractivity contribution < 1.29 is 0 Å². The average molecular weight is 224 g/mol. The van der Waals surface area contributed by atoms with Crippen LogP contribution in [0.2, 0.25) is 0 Å². The number of aromatic nitrogens is 3. The van der Waals surface area contributed by atoms with Crippen molar-refractivity contribution >= 4 is 17.7 Å². The van der Waals surface area contributed by atoms with Gasteiger partial charge in [-0.3, -0.25) is 0 Å². The van der Waals surface area contributed by atoms with Gasteiger partial charge in [0.1, 0.15) is 0 Å². The number of aryl methyl sites for hydroxylation is 2. The van der Waals surface area contributed by atoms with E-state index in [0.29, 0.717) is 5.95 Å². The van der Waals surface area contributed by atoms with Gasteiger partial charge in [-0.2, -0.15) is 16.9 Å². The fourth-order valence-corrected chi connectivity index (χ4v) is 1.51. The number of rotatable bonds is 6. The van der Waals surface area contributed by atoms with Crippen molar-refractivity contribution in [1.29, 1.82) is 0 Å². The lowest BCUT2D eigenvalue weighted by molar-refractivity contribution is 0.891. The molecule has 0 unspecified atom stereocenters. The first kappa shape index (κ1) is 12.0. The van der Waals surface area contributed by atoms with Gasteiger partial charge in [0.05, 0.1) is 11.4 Å². The van der Waals surface area contributed by atoms with E-state index in [9.17, 15) is 0 Å². The Balaban J connectivity index is 2.31. The van der Waals surface area contributed by atoms with Crippen molar-refractivity contribution in [3.8, 4) is 0 Å². The fraction of sp³-hybridized carbons (Fsp3) is 0.500. The molecule has 0 fully saturated rings. The summed E-state index contributed by atoms with van der Waals surface area (Å²) in [4.78, 5) is 4.28. The van der Waals surface area contributed by atoms with E-state index in [2.05, 4.69) is 27.1 Å². The van der Waals surface area contributed by atoms with E-state index in [-0.39, 0.29) is 0 Å². The molecule has 0 aromatic carbocycles. The maximum atomic E-state index is 4.28. The van der Waals surface area contributed by atoms with Gasteiger partial charge in [-0.1, -0.05) is 6.08 Å². The highest BCUT2D eigenvalue weighted by Gasteiger charge is 1.99. The fourth-order valence-electron chi connectivity index (χ4n) is 0.933. The first-order valence-electron chi connectivity index (χ1n) is 4.84. The molecule has 0 aliphatic heterocycles. The minimum Gasteiger partial charge on any atom is -0.352 e. The highest BCUT2D eigenvalue weighted by atomic mass is 32.2. The van der Waals surface area contributed by atoms with Crippen molar-refractivity contribution in [2.24, 2.45) is 0 Å². The first-order valence-corrected chi connectivity index (χ1v) is 6.00. The maximum Gasteiger partial charge on any atom is 0.242 e. The quantitative estimate of drug-likeness (QED) is 0.590. The Morgan fingerprint density at radius 3 is 2.80 bits per heavy atom. The van der Waals surface area contributed by atoms with Crippen LogP contribution in [0.5, 0.6) is 0 Å². The minimum absolute atomic E-state index is 0.609. The third kappa shape index (κ3) is 4.29. The van der Waals surface area contributed by atoms with Gasteiger partial charge >= 0.3 is 0 Å². The number of nitrogens with zero attached hydrogens (tertiary/aromatic N) is 3. The van der Waals surface area contributed by atoms with E-state index in [0.717, 1.165) is 29.4 Å². The molecule has 0 spiro atoms. The smallest absolute Gasteiger partial charge is 0.242 e. The Kier molecular flexibility index (Phi) is 5.10. The minimum atomic E-state index is 0.609. The highest BCUT2D eigenvalue weighted by Crippen LogP contribution is 2.03. The van der Waals surface area contributed by atoms with E-state index in [1.54, 1.807) is 0 Å². The number of thioether (sulfide) groups is 1. The molecule has 5 heteroatoms. The summed E-state index contributed by atoms with van der Waals surface area (Å²) in [5.74, 6) is 2.60. The maximum absolute atomic E-state index is 4.28. The Morgan fingerprint density at radius 2 is 2.13 bits per heavy atom. The summed E-state index contributed by atoms with van der Waals surface area (Å²) in [6.45, 7) is 8.35. The van der Waals surface area contributed by atoms with Crippen LogP contribution in [0.3, 0.4) is 0 Å². The Labute approximate surface area is 94.6 Å². The monoisotopic (exact) mass is 224 g/mol. The van der Waals surface area contributed by atoms with E-state index in [4.69, 9.17) is 0 Å². The second-order valence-electron chi connectivity index (χ2n) is 3.10. The molecule has 1 aromatic heterocycles. The van der Waals surface area contributed by atoms with Gasteiger partial charge < -0.3 is 5.32 Å². The van der Waals surface area contributed by atoms with Crippen molar-refractivity contribution in [3.63, 3.8) is 0 Å². The lowest BCUT2D eigenvalue weighted by Gasteiger charge is -2.04. The normalized spacial score (nSPS) is 10.0. The SMILES string of the molecule is C=CCSCCNc1nnc(C)c(C)n1. The summed E-state index contributed by atoms with van der Waals surface area (Å²) in [5, 5.41) is 11.1. The molecular formula is C10H16N4S. The topological polar surface area (TPSA) is 50.7 Å². The van der Waals surface area contributed by atoms with Crippen molar-refractivity contribution in [1.82, 2.24) is 15.2 Å². The summed E-state index contributed by atoms with van der Waals surface area (Å²) >= 11 is 1.82. The summed E-state index contributed by atoms with van der Waals surface area (Å²) in [6.07, 6.45) is 1.90. The molecule has 1 rings (SSSR count). The average Bonchev–Trinajstić information content (AvgIpc) is 2.23. The zero-order valence-electron chi connectivity index (χ0n) is 9.16. The Bertz CT molecular complexity index is 327. The van der Waals surface area contributed by atoms with Crippen LogP contribution in [-0.4, -0.2) is 33.2 Å². The van der Waals surface area contributed by atoms with Gasteiger partial charge in [0.25, 0.3) is 0 Å². The summed E-state index contributed by atoms with van der Waals surface area (Å²) in [6, 6.07) is 0. The van der Waals surface area contributed by atoms with Crippen LogP contribution in [0.4, 0.5) is 5.95 Å². The molecule has 0 radical (unpaired) electrons. The zero-order valence-corrected chi connectivity index (χ0v) is 9.97. The van der Waals surface area contributed by atoms with Gasteiger partial charge in [-0.15, -0.1) is 11.7 Å². The molecule has 0 saturated carbocycles. The standard InChI is InChI=1S/C10H16N4S/c1-4-6-15-7-5-11-10-12-8(2)9(3)13-14-10/h4H,1,5-7H2,2-3H3,(H,11,12,14). The molecule has 0 aliphatic carbocycles. The van der Waals surface area contributed by atoms with Crippen molar-refractivity contribution in [3.05, 3.63) is 24.0 Å². The molecule has 0 atom stereocenters. The van der Waals surface area contributed by atoms with Crippen LogP contribution < -0.4 is 5.32 Å². The van der Waals surface area contributed by atoms with Crippen LogP contribution in [0.25, 0.3) is 0 Å². The second kappa shape index (κ2) is 6.40. The van der Waals surface area contributed by atoms with Crippen molar-refractivity contribution in [2.75, 3.05) is 23.4 Å². The number of anilines is 1. The van der Waals surface area contributed by atoms with Gasteiger partial charge in [0, 0.05) is 18.1 Å². The van der Waals surface area contributed by atoms with Gasteiger partial charge in [0.2, 0.25) is 5.95 Å². The zero-order chi connectivity index (χ0) is 11.1. The summed E-state index contributed by atoms with van der Waals surface area (Å²) in [5.41, 5.74) is 1.80. The summed E-state index contributed by atoms with van der Waals surface area (Å²) < 4.78 is 0. The molecule has 1 heterocycles. The Hall–Kier alpha value is -1.10. The molecule has 0 amide bonds. The predicted octanol–water partition coefficient (Wildman–Crippen LogP) is 1.82. The van der Waals surface area contributed by atoms with E-state index in [1.165, 1.54) is 0 Å². The number of hydrogen-bond donors (Lipinski definition) is 1. The third-order valence-electron chi connectivity index (χ3n) is 1.86. The molecule has 82 valence electrons. The molecule has 0 saturated heterocycles. The molecule has 15 heavy (non-hydrogen) atoms. The van der Waals surface area contributed by atoms with Crippen LogP contribution in [0, 0.1) is 13.8 Å². The van der Waals surface area contributed by atoms with Crippen LogP contribution in [0.1, 0.15) is 11.4 Å². The number of nitrogens with one attached hydrogen (secondary N) is 1. The third-order valence-corrected chi connectivity index (χ3v) is 2.82.